The fourth-order valence-electron chi connectivity index (χ4n) is 3.52. The average molecular weight is 417 g/mol. The van der Waals surface area contributed by atoms with Crippen molar-refractivity contribution in [1.82, 2.24) is 0 Å². The summed E-state index contributed by atoms with van der Waals surface area (Å²) in [5.41, 5.74) is 7.24. The van der Waals surface area contributed by atoms with E-state index in [1.165, 1.54) is 27.8 Å². The van der Waals surface area contributed by atoms with Crippen LogP contribution in [0.4, 0.5) is 0 Å². The Hall–Kier alpha value is -3.00. The summed E-state index contributed by atoms with van der Waals surface area (Å²) in [6, 6.07) is 42.2. The van der Waals surface area contributed by atoms with E-state index in [2.05, 4.69) is 115 Å². The zero-order valence-corrected chi connectivity index (χ0v) is 17.1. The molecule has 0 bridgehead atoms. The molecule has 0 unspecified atom stereocenters. The standard InChI is InChI=1S/C28H22.Co/c1-5-13-23(14-6-1)21-27(25-17-9-3-10-18-25)28(26-19-11-4-12-20-26)22-24-15-7-2-8-16-24;/h1-20H,21H2;. The molecule has 0 heterocycles. The summed E-state index contributed by atoms with van der Waals surface area (Å²) in [7, 11) is 0. The Bertz CT molecular complexity index is 1100. The van der Waals surface area contributed by atoms with Crippen LogP contribution in [0.5, 0.6) is 0 Å². The van der Waals surface area contributed by atoms with Gasteiger partial charge in [-0.05, 0) is 0 Å². The Labute approximate surface area is 180 Å². The van der Waals surface area contributed by atoms with E-state index in [1.807, 2.05) is 6.07 Å². The summed E-state index contributed by atoms with van der Waals surface area (Å²) < 4.78 is 0.985. The van der Waals surface area contributed by atoms with Gasteiger partial charge in [0.2, 0.25) is 0 Å². The molecule has 0 nitrogen and oxygen atoms in total. The topological polar surface area (TPSA) is 0 Å². The molecule has 0 saturated carbocycles. The summed E-state index contributed by atoms with van der Waals surface area (Å²) in [5, 5.41) is 0. The molecule has 0 atom stereocenters. The van der Waals surface area contributed by atoms with Crippen LogP contribution in [-0.2, 0) is 21.7 Å². The number of hydrogen-bond donors (Lipinski definition) is 0. The monoisotopic (exact) mass is 417 g/mol. The molecular formula is C28H22Co. The van der Waals surface area contributed by atoms with Crippen LogP contribution in [0.2, 0.25) is 0 Å². The van der Waals surface area contributed by atoms with Gasteiger partial charge < -0.3 is 0 Å². The van der Waals surface area contributed by atoms with E-state index >= 15 is 0 Å². The molecule has 0 aromatic heterocycles. The molecule has 0 aliphatic heterocycles. The first-order valence-corrected chi connectivity index (χ1v) is 10.3. The number of hydrogen-bond acceptors (Lipinski definition) is 0. The van der Waals surface area contributed by atoms with Crippen molar-refractivity contribution in [2.45, 2.75) is 6.42 Å². The third kappa shape index (κ3) is 4.71. The van der Waals surface area contributed by atoms with Gasteiger partial charge >= 0.3 is 181 Å². The molecule has 0 amide bonds. The quantitative estimate of drug-likeness (QED) is 0.310. The molecule has 4 rings (SSSR count). The molecule has 4 aromatic carbocycles. The minimum absolute atomic E-state index is 0.838. The van der Waals surface area contributed by atoms with Crippen LogP contribution in [0.1, 0.15) is 22.3 Å². The van der Waals surface area contributed by atoms with Gasteiger partial charge in [0.15, 0.2) is 0 Å². The summed E-state index contributed by atoms with van der Waals surface area (Å²) in [6.45, 7) is 0. The van der Waals surface area contributed by atoms with Gasteiger partial charge in [0.1, 0.15) is 0 Å². The molecule has 0 aliphatic carbocycles. The van der Waals surface area contributed by atoms with Crippen molar-refractivity contribution in [2.24, 2.45) is 0 Å². The van der Waals surface area contributed by atoms with E-state index < -0.39 is 0 Å². The average Bonchev–Trinajstić information content (AvgIpc) is 2.81. The molecule has 143 valence electrons. The Morgan fingerprint density at radius 2 is 0.897 bits per heavy atom. The van der Waals surface area contributed by atoms with Gasteiger partial charge in [0.25, 0.3) is 0 Å². The molecule has 0 radical (unpaired) electrons. The third-order valence-electron chi connectivity index (χ3n) is 4.93. The Morgan fingerprint density at radius 3 is 1.41 bits per heavy atom. The van der Waals surface area contributed by atoms with Crippen LogP contribution in [0, 0.1) is 0 Å². The van der Waals surface area contributed by atoms with Crippen molar-refractivity contribution in [3.8, 4) is 0 Å². The predicted molar refractivity (Wildman–Crippen MR) is 120 cm³/mol. The fraction of sp³-hybridized carbons (Fsp3) is 0.0357. The first-order chi connectivity index (χ1) is 14.3. The van der Waals surface area contributed by atoms with Crippen LogP contribution in [0.15, 0.2) is 121 Å². The molecular weight excluding hydrogens is 395 g/mol. The number of rotatable bonds is 6. The van der Waals surface area contributed by atoms with E-state index in [0.29, 0.717) is 0 Å². The van der Waals surface area contributed by atoms with E-state index in [1.54, 1.807) is 0 Å². The first-order valence-electron chi connectivity index (χ1n) is 9.77. The van der Waals surface area contributed by atoms with Crippen molar-refractivity contribution < 1.29 is 15.3 Å². The fourth-order valence-corrected chi connectivity index (χ4v) is 4.00. The van der Waals surface area contributed by atoms with Gasteiger partial charge in [-0.2, -0.15) is 0 Å². The molecule has 0 fully saturated rings. The zero-order chi connectivity index (χ0) is 19.9. The molecule has 0 N–H and O–H groups in total. The second-order valence-corrected chi connectivity index (χ2v) is 7.43. The Morgan fingerprint density at radius 1 is 0.483 bits per heavy atom. The minimum atomic E-state index is 0.838. The maximum atomic E-state index is 5.10. The van der Waals surface area contributed by atoms with E-state index in [0.717, 1.165) is 16.4 Å². The SMILES string of the molecule is [Co]=[C](C(=C(Cc1ccccc1)c1ccccc1)c1ccccc1)c1ccccc1. The second kappa shape index (κ2) is 9.47. The molecule has 0 aliphatic rings. The van der Waals surface area contributed by atoms with Gasteiger partial charge in [0.05, 0.1) is 0 Å². The molecule has 29 heavy (non-hydrogen) atoms. The van der Waals surface area contributed by atoms with Crippen molar-refractivity contribution in [1.29, 1.82) is 0 Å². The third-order valence-corrected chi connectivity index (χ3v) is 5.49. The van der Waals surface area contributed by atoms with E-state index in [4.69, 9.17) is 15.3 Å². The van der Waals surface area contributed by atoms with Gasteiger partial charge in [0, 0.05) is 0 Å². The number of benzene rings is 4. The predicted octanol–water partition coefficient (Wildman–Crippen LogP) is 6.61. The molecule has 4 aromatic rings. The summed E-state index contributed by atoms with van der Waals surface area (Å²) in [6.07, 6.45) is 0.838. The van der Waals surface area contributed by atoms with Crippen LogP contribution in [0.25, 0.3) is 11.1 Å². The van der Waals surface area contributed by atoms with E-state index in [-0.39, 0.29) is 0 Å². The summed E-state index contributed by atoms with van der Waals surface area (Å²) in [5.74, 6) is 0. The molecule has 0 saturated heterocycles. The van der Waals surface area contributed by atoms with Crippen molar-refractivity contribution in [2.75, 3.05) is 0 Å². The number of allylic oxidation sites excluding steroid dienone is 2. The Kier molecular flexibility index (Phi) is 6.31. The Balaban J connectivity index is 1.95. The normalized spacial score (nSPS) is 11.6. The van der Waals surface area contributed by atoms with E-state index in [9.17, 15) is 0 Å². The molecule has 1 heteroatoms. The first kappa shape index (κ1) is 19.3. The van der Waals surface area contributed by atoms with Crippen LogP contribution in [0.3, 0.4) is 0 Å². The van der Waals surface area contributed by atoms with Gasteiger partial charge in [-0.15, -0.1) is 0 Å². The zero-order valence-electron chi connectivity index (χ0n) is 16.1. The summed E-state index contributed by atoms with van der Waals surface area (Å²) in [4.78, 5) is 0. The molecule has 0 spiro atoms. The summed E-state index contributed by atoms with van der Waals surface area (Å²) >= 11 is 5.10. The van der Waals surface area contributed by atoms with Crippen LogP contribution < -0.4 is 0 Å². The second-order valence-electron chi connectivity index (χ2n) is 6.91. The van der Waals surface area contributed by atoms with Crippen LogP contribution in [-0.4, -0.2) is 4.45 Å². The van der Waals surface area contributed by atoms with Crippen molar-refractivity contribution in [3.05, 3.63) is 144 Å². The van der Waals surface area contributed by atoms with Gasteiger partial charge in [-0.3, -0.25) is 0 Å². The maximum absolute atomic E-state index is 5.10. The van der Waals surface area contributed by atoms with Crippen LogP contribution >= 0.6 is 0 Å². The van der Waals surface area contributed by atoms with Gasteiger partial charge in [-0.25, -0.2) is 0 Å². The van der Waals surface area contributed by atoms with Crippen molar-refractivity contribution in [3.63, 3.8) is 0 Å². The van der Waals surface area contributed by atoms with Crippen molar-refractivity contribution >= 4 is 15.6 Å². The van der Waals surface area contributed by atoms with Gasteiger partial charge in [-0.1, -0.05) is 0 Å².